The first-order valence-electron chi connectivity index (χ1n) is 15.4. The minimum absolute atomic E-state index is 0.0676. The second-order valence-corrected chi connectivity index (χ2v) is 15.5. The van der Waals surface area contributed by atoms with Gasteiger partial charge in [-0.1, -0.05) is 107 Å². The van der Waals surface area contributed by atoms with Gasteiger partial charge in [0.05, 0.1) is 9.79 Å². The Kier molecular flexibility index (Phi) is 8.11. The van der Waals surface area contributed by atoms with E-state index >= 15 is 0 Å². The van der Waals surface area contributed by atoms with Crippen LogP contribution in [0.2, 0.25) is 0 Å². The fraction of sp³-hybridized carbons (Fsp3) is 0.471. The predicted molar refractivity (Wildman–Crippen MR) is 164 cm³/mol. The van der Waals surface area contributed by atoms with E-state index in [4.69, 9.17) is 0 Å². The number of aryl methyl sites for hydroxylation is 1. The van der Waals surface area contributed by atoms with E-state index in [0.29, 0.717) is 24.2 Å². The van der Waals surface area contributed by atoms with E-state index in [9.17, 15) is 25.9 Å². The number of hydrogen-bond donors (Lipinski definition) is 2. The standard InChI is InChI=1S/C34H40O6S2/c35-41(36,37)27-17-15-24(16-18-27)21-22-34(33(25-9-3-1-4-10-25)26-11-5-2-6-12-26)31-14-8-7-13-29(31)30-20-19-28(23-32(30)34)42(38,39)40/h7-8,13-20,23,25-26,33H,1-6,9-12,21-22H2,(H,35,36,37)(H,38,39,40). The molecule has 0 spiro atoms. The molecule has 6 rings (SSSR count). The molecule has 2 saturated carbocycles. The van der Waals surface area contributed by atoms with Gasteiger partial charge >= 0.3 is 0 Å². The van der Waals surface area contributed by atoms with E-state index in [1.807, 2.05) is 12.1 Å². The molecule has 2 fully saturated rings. The highest BCUT2D eigenvalue weighted by atomic mass is 32.2. The van der Waals surface area contributed by atoms with Crippen molar-refractivity contribution < 1.29 is 25.9 Å². The van der Waals surface area contributed by atoms with Crippen LogP contribution in [0.3, 0.4) is 0 Å². The van der Waals surface area contributed by atoms with Crippen LogP contribution in [-0.4, -0.2) is 25.9 Å². The molecule has 0 saturated heterocycles. The third-order valence-electron chi connectivity index (χ3n) is 10.4. The van der Waals surface area contributed by atoms with E-state index in [1.165, 1.54) is 88.0 Å². The normalized spacial score (nSPS) is 21.8. The van der Waals surface area contributed by atoms with E-state index in [1.54, 1.807) is 18.2 Å². The van der Waals surface area contributed by atoms with Gasteiger partial charge in [-0.25, -0.2) is 0 Å². The van der Waals surface area contributed by atoms with Crippen molar-refractivity contribution >= 4 is 20.2 Å². The minimum Gasteiger partial charge on any atom is -0.282 e. The van der Waals surface area contributed by atoms with E-state index in [-0.39, 0.29) is 9.79 Å². The number of rotatable bonds is 8. The van der Waals surface area contributed by atoms with Crippen molar-refractivity contribution in [1.82, 2.24) is 0 Å². The lowest BCUT2D eigenvalue weighted by molar-refractivity contribution is 0.0785. The molecular weight excluding hydrogens is 569 g/mol. The van der Waals surface area contributed by atoms with Crippen molar-refractivity contribution in [3.63, 3.8) is 0 Å². The van der Waals surface area contributed by atoms with Crippen LogP contribution >= 0.6 is 0 Å². The second-order valence-electron chi connectivity index (χ2n) is 12.6. The van der Waals surface area contributed by atoms with Gasteiger partial charge in [-0.2, -0.15) is 16.8 Å². The first kappa shape index (κ1) is 29.5. The zero-order chi connectivity index (χ0) is 29.5. The van der Waals surface area contributed by atoms with Crippen molar-refractivity contribution in [1.29, 1.82) is 0 Å². The van der Waals surface area contributed by atoms with Crippen molar-refractivity contribution in [3.8, 4) is 11.1 Å². The average Bonchev–Trinajstić information content (AvgIpc) is 3.26. The fourth-order valence-electron chi connectivity index (χ4n) is 8.68. The molecule has 1 atom stereocenters. The molecule has 3 aliphatic carbocycles. The topological polar surface area (TPSA) is 109 Å². The summed E-state index contributed by atoms with van der Waals surface area (Å²) in [6, 6.07) is 20.1. The molecule has 0 aromatic heterocycles. The van der Waals surface area contributed by atoms with Crippen LogP contribution < -0.4 is 0 Å². The Balaban J connectivity index is 1.56. The average molecular weight is 609 g/mol. The van der Waals surface area contributed by atoms with Gasteiger partial charge in [-0.05, 0) is 82.7 Å². The lowest BCUT2D eigenvalue weighted by Gasteiger charge is -2.50. The summed E-state index contributed by atoms with van der Waals surface area (Å²) in [5, 5.41) is 0. The Morgan fingerprint density at radius 2 is 1.17 bits per heavy atom. The van der Waals surface area contributed by atoms with E-state index < -0.39 is 25.7 Å². The first-order chi connectivity index (χ1) is 20.1. The van der Waals surface area contributed by atoms with Gasteiger partial charge in [-0.3, -0.25) is 9.11 Å². The van der Waals surface area contributed by atoms with Gasteiger partial charge in [0.1, 0.15) is 0 Å². The molecule has 8 heteroatoms. The van der Waals surface area contributed by atoms with Gasteiger partial charge in [0.2, 0.25) is 0 Å². The Hall–Kier alpha value is -2.52. The summed E-state index contributed by atoms with van der Waals surface area (Å²) >= 11 is 0. The Morgan fingerprint density at radius 1 is 0.643 bits per heavy atom. The molecule has 0 amide bonds. The number of hydrogen-bond acceptors (Lipinski definition) is 4. The highest BCUT2D eigenvalue weighted by Crippen LogP contribution is 2.61. The molecule has 0 bridgehead atoms. The lowest BCUT2D eigenvalue weighted by Crippen LogP contribution is -2.45. The van der Waals surface area contributed by atoms with Crippen LogP contribution in [0.5, 0.6) is 0 Å². The summed E-state index contributed by atoms with van der Waals surface area (Å²) in [6.45, 7) is 0. The van der Waals surface area contributed by atoms with Crippen LogP contribution in [-0.2, 0) is 32.1 Å². The maximum absolute atomic E-state index is 12.5. The third-order valence-corrected chi connectivity index (χ3v) is 12.1. The smallest absolute Gasteiger partial charge is 0.282 e. The maximum Gasteiger partial charge on any atom is 0.294 e. The molecule has 3 aliphatic rings. The summed E-state index contributed by atoms with van der Waals surface area (Å²) in [5.74, 6) is 1.34. The van der Waals surface area contributed by atoms with E-state index in [0.717, 1.165) is 28.7 Å². The summed E-state index contributed by atoms with van der Waals surface area (Å²) in [7, 11) is -8.69. The molecule has 1 unspecified atom stereocenters. The van der Waals surface area contributed by atoms with Crippen molar-refractivity contribution in [2.45, 2.75) is 92.3 Å². The summed E-state index contributed by atoms with van der Waals surface area (Å²) in [6.07, 6.45) is 13.4. The Labute approximate surface area is 250 Å². The summed E-state index contributed by atoms with van der Waals surface area (Å²) in [4.78, 5) is -0.195. The second kappa shape index (κ2) is 11.5. The highest BCUT2D eigenvalue weighted by Gasteiger charge is 2.53. The largest absolute Gasteiger partial charge is 0.294 e. The number of benzene rings is 3. The van der Waals surface area contributed by atoms with Gasteiger partial charge in [-0.15, -0.1) is 0 Å². The molecule has 3 aromatic rings. The SMILES string of the molecule is O=S(=O)(O)c1ccc(CCC2(C(C3CCCCC3)C3CCCCC3)c3ccccc3-c3ccc(S(=O)(=O)O)cc32)cc1. The molecule has 2 N–H and O–H groups in total. The quantitative estimate of drug-likeness (QED) is 0.252. The third kappa shape index (κ3) is 5.47. The van der Waals surface area contributed by atoms with Gasteiger partial charge in [0, 0.05) is 5.41 Å². The Bertz CT molecular complexity index is 1630. The Morgan fingerprint density at radius 3 is 1.74 bits per heavy atom. The van der Waals surface area contributed by atoms with E-state index in [2.05, 4.69) is 18.2 Å². The van der Waals surface area contributed by atoms with Crippen molar-refractivity contribution in [3.05, 3.63) is 83.4 Å². The van der Waals surface area contributed by atoms with Crippen LogP contribution in [0, 0.1) is 17.8 Å². The summed E-state index contributed by atoms with van der Waals surface area (Å²) in [5.41, 5.74) is 4.91. The predicted octanol–water partition coefficient (Wildman–Crippen LogP) is 7.86. The van der Waals surface area contributed by atoms with Gasteiger partial charge < -0.3 is 0 Å². The molecule has 0 radical (unpaired) electrons. The van der Waals surface area contributed by atoms with Crippen LogP contribution in [0.4, 0.5) is 0 Å². The zero-order valence-corrected chi connectivity index (χ0v) is 25.5. The molecule has 42 heavy (non-hydrogen) atoms. The fourth-order valence-corrected chi connectivity index (χ4v) is 9.67. The molecule has 0 heterocycles. The first-order valence-corrected chi connectivity index (χ1v) is 18.3. The van der Waals surface area contributed by atoms with Crippen molar-refractivity contribution in [2.24, 2.45) is 17.8 Å². The lowest BCUT2D eigenvalue weighted by atomic mass is 9.54. The van der Waals surface area contributed by atoms with Crippen molar-refractivity contribution in [2.75, 3.05) is 0 Å². The highest BCUT2D eigenvalue weighted by molar-refractivity contribution is 7.86. The molecule has 224 valence electrons. The molecule has 6 nitrogen and oxygen atoms in total. The van der Waals surface area contributed by atoms with Gasteiger partial charge in [0.15, 0.2) is 0 Å². The molecular formula is C34H40O6S2. The minimum atomic E-state index is -4.40. The monoisotopic (exact) mass is 608 g/mol. The zero-order valence-electron chi connectivity index (χ0n) is 23.9. The van der Waals surface area contributed by atoms with Gasteiger partial charge in [0.25, 0.3) is 20.2 Å². The molecule has 0 aliphatic heterocycles. The maximum atomic E-state index is 12.5. The van der Waals surface area contributed by atoms with Crippen LogP contribution in [0.1, 0.15) is 87.3 Å². The summed E-state index contributed by atoms with van der Waals surface area (Å²) < 4.78 is 67.9. The van der Waals surface area contributed by atoms with Crippen LogP contribution in [0.15, 0.2) is 76.5 Å². The molecule has 3 aromatic carbocycles. The number of fused-ring (bicyclic) bond motifs is 3. The van der Waals surface area contributed by atoms with Crippen LogP contribution in [0.25, 0.3) is 11.1 Å².